The zero-order chi connectivity index (χ0) is 34.4. The summed E-state index contributed by atoms with van der Waals surface area (Å²) in [5.41, 5.74) is 0. The van der Waals surface area contributed by atoms with Crippen molar-refractivity contribution in [3.8, 4) is 0 Å². The zero-order valence-corrected chi connectivity index (χ0v) is 31.5. The maximum absolute atomic E-state index is 12.3. The Morgan fingerprint density at radius 2 is 1.02 bits per heavy atom. The monoisotopic (exact) mass is 679 g/mol. The summed E-state index contributed by atoms with van der Waals surface area (Å²) in [4.78, 5) is 34.2. The van der Waals surface area contributed by atoms with Gasteiger partial charge in [0.05, 0.1) is 27.7 Å². The number of phosphoric acid groups is 1. The summed E-state index contributed by atoms with van der Waals surface area (Å²) >= 11 is 0. The van der Waals surface area contributed by atoms with Crippen LogP contribution in [-0.4, -0.2) is 74.9 Å². The topological polar surface area (TPSA) is 108 Å². The van der Waals surface area contributed by atoms with Gasteiger partial charge in [-0.05, 0) is 12.8 Å². The minimum Gasteiger partial charge on any atom is -0.462 e. The van der Waals surface area contributed by atoms with E-state index in [1.54, 1.807) is 0 Å². The fourth-order valence-corrected chi connectivity index (χ4v) is 5.91. The molecule has 0 saturated carbocycles. The van der Waals surface area contributed by atoms with Gasteiger partial charge in [-0.15, -0.1) is 0 Å². The van der Waals surface area contributed by atoms with E-state index in [0.717, 1.165) is 19.3 Å². The molecular weight excluding hydrogens is 605 g/mol. The van der Waals surface area contributed by atoms with Gasteiger partial charge in [0.25, 0.3) is 0 Å². The van der Waals surface area contributed by atoms with Crippen molar-refractivity contribution in [3.05, 3.63) is 0 Å². The minimum atomic E-state index is -4.33. The third-order valence-corrected chi connectivity index (χ3v) is 9.09. The summed E-state index contributed by atoms with van der Waals surface area (Å²) in [7, 11) is 1.48. The SMILES string of the molecule is CCCCCCCCCCCCCCCCCCCCCCCC(=O)OC[C@H](COP(=O)(O)OCC[N+](C)(C)C)OC(=O)CCC. The number of phosphoric ester groups is 1. The molecular formula is C36H73NO8P+. The van der Waals surface area contributed by atoms with Gasteiger partial charge in [0.1, 0.15) is 19.8 Å². The number of esters is 2. The lowest BCUT2D eigenvalue weighted by atomic mass is 10.0. The Balaban J connectivity index is 3.84. The fourth-order valence-electron chi connectivity index (χ4n) is 5.17. The Morgan fingerprint density at radius 1 is 0.587 bits per heavy atom. The molecule has 1 unspecified atom stereocenters. The van der Waals surface area contributed by atoms with Crippen molar-refractivity contribution in [2.45, 2.75) is 174 Å². The summed E-state index contributed by atoms with van der Waals surface area (Å²) < 4.78 is 33.5. The number of hydrogen-bond acceptors (Lipinski definition) is 7. The molecule has 0 spiro atoms. The number of carbonyl (C=O) groups excluding carboxylic acids is 2. The lowest BCUT2D eigenvalue weighted by Gasteiger charge is -2.24. The van der Waals surface area contributed by atoms with E-state index in [1.165, 1.54) is 116 Å². The van der Waals surface area contributed by atoms with Crippen molar-refractivity contribution in [3.63, 3.8) is 0 Å². The molecule has 0 bridgehead atoms. The lowest BCUT2D eigenvalue weighted by molar-refractivity contribution is -0.870. The van der Waals surface area contributed by atoms with Crippen LogP contribution in [0.15, 0.2) is 0 Å². The highest BCUT2D eigenvalue weighted by atomic mass is 31.2. The first-order valence-corrected chi connectivity index (χ1v) is 20.3. The first-order valence-electron chi connectivity index (χ1n) is 18.8. The van der Waals surface area contributed by atoms with Crippen LogP contribution in [-0.2, 0) is 32.7 Å². The maximum Gasteiger partial charge on any atom is 0.472 e. The first-order chi connectivity index (χ1) is 22.0. The molecule has 0 aromatic heterocycles. The quantitative estimate of drug-likeness (QED) is 0.0310. The number of carbonyl (C=O) groups is 2. The molecule has 0 aliphatic heterocycles. The van der Waals surface area contributed by atoms with Crippen molar-refractivity contribution in [2.75, 3.05) is 47.5 Å². The number of likely N-dealkylation sites (N-methyl/N-ethyl adjacent to an activating group) is 1. The molecule has 1 N–H and O–H groups in total. The van der Waals surface area contributed by atoms with Gasteiger partial charge in [-0.25, -0.2) is 4.57 Å². The van der Waals surface area contributed by atoms with Gasteiger partial charge in [0.15, 0.2) is 6.10 Å². The van der Waals surface area contributed by atoms with Crippen LogP contribution in [0.25, 0.3) is 0 Å². The summed E-state index contributed by atoms with van der Waals surface area (Å²) in [6.07, 6.45) is 27.6. The summed E-state index contributed by atoms with van der Waals surface area (Å²) in [5.74, 6) is -0.851. The predicted molar refractivity (Wildman–Crippen MR) is 188 cm³/mol. The number of rotatable bonds is 34. The van der Waals surface area contributed by atoms with Gasteiger partial charge < -0.3 is 18.9 Å². The number of unbranched alkanes of at least 4 members (excludes halogenated alkanes) is 20. The van der Waals surface area contributed by atoms with Crippen LogP contribution in [0.1, 0.15) is 168 Å². The van der Waals surface area contributed by atoms with Crippen LogP contribution in [0, 0.1) is 0 Å². The summed E-state index contributed by atoms with van der Waals surface area (Å²) in [6.45, 7) is 4.04. The number of hydrogen-bond donors (Lipinski definition) is 1. The average Bonchev–Trinajstić information content (AvgIpc) is 2.98. The van der Waals surface area contributed by atoms with E-state index in [4.69, 9.17) is 18.5 Å². The van der Waals surface area contributed by atoms with Crippen molar-refractivity contribution >= 4 is 19.8 Å². The Hall–Kier alpha value is -0.990. The summed E-state index contributed by atoms with van der Waals surface area (Å²) in [6, 6.07) is 0. The number of quaternary nitrogens is 1. The molecule has 0 aliphatic carbocycles. The molecule has 0 aromatic rings. The second-order valence-electron chi connectivity index (χ2n) is 14.0. The van der Waals surface area contributed by atoms with Crippen LogP contribution in [0.3, 0.4) is 0 Å². The van der Waals surface area contributed by atoms with Crippen LogP contribution in [0.2, 0.25) is 0 Å². The van der Waals surface area contributed by atoms with Gasteiger partial charge in [0.2, 0.25) is 0 Å². The Morgan fingerprint density at radius 3 is 1.43 bits per heavy atom. The van der Waals surface area contributed by atoms with Crippen LogP contribution < -0.4 is 0 Å². The van der Waals surface area contributed by atoms with E-state index in [1.807, 2.05) is 28.1 Å². The highest BCUT2D eigenvalue weighted by molar-refractivity contribution is 7.47. The second kappa shape index (κ2) is 30.1. The van der Waals surface area contributed by atoms with Crippen molar-refractivity contribution in [1.82, 2.24) is 0 Å². The Labute approximate surface area is 283 Å². The molecule has 0 fully saturated rings. The van der Waals surface area contributed by atoms with Crippen LogP contribution in [0.4, 0.5) is 0 Å². The highest BCUT2D eigenvalue weighted by Crippen LogP contribution is 2.43. The molecule has 0 radical (unpaired) electrons. The van der Waals surface area contributed by atoms with E-state index in [2.05, 4.69) is 6.92 Å². The molecule has 0 aliphatic rings. The Kier molecular flexibility index (Phi) is 29.4. The van der Waals surface area contributed by atoms with E-state index in [-0.39, 0.29) is 25.6 Å². The van der Waals surface area contributed by atoms with E-state index in [9.17, 15) is 19.0 Å². The van der Waals surface area contributed by atoms with Gasteiger partial charge in [-0.1, -0.05) is 142 Å². The lowest BCUT2D eigenvalue weighted by Crippen LogP contribution is -2.37. The standard InChI is InChI=1S/C36H72NO8P/c1-6-8-9-10-11-12-13-14-15-16-17-18-19-20-21-22-23-24-25-26-27-29-35(38)42-32-34(45-36(39)28-7-2)33-44-46(40,41)43-31-30-37(3,4)5/h34H,6-33H2,1-5H3/p+1/t34-/m1/s1. The average molecular weight is 679 g/mol. The molecule has 274 valence electrons. The molecule has 46 heavy (non-hydrogen) atoms. The van der Waals surface area contributed by atoms with Gasteiger partial charge in [-0.2, -0.15) is 0 Å². The third-order valence-electron chi connectivity index (χ3n) is 8.11. The molecule has 0 amide bonds. The largest absolute Gasteiger partial charge is 0.472 e. The molecule has 0 saturated heterocycles. The molecule has 10 heteroatoms. The van der Waals surface area contributed by atoms with Crippen molar-refractivity contribution in [1.29, 1.82) is 0 Å². The first kappa shape index (κ1) is 45.0. The highest BCUT2D eigenvalue weighted by Gasteiger charge is 2.26. The van der Waals surface area contributed by atoms with Gasteiger partial charge >= 0.3 is 19.8 Å². The van der Waals surface area contributed by atoms with Crippen LogP contribution >= 0.6 is 7.82 Å². The fraction of sp³-hybridized carbons (Fsp3) is 0.944. The predicted octanol–water partition coefficient (Wildman–Crippen LogP) is 9.68. The molecule has 0 rings (SSSR count). The van der Waals surface area contributed by atoms with E-state index < -0.39 is 26.5 Å². The van der Waals surface area contributed by atoms with Crippen LogP contribution in [0.5, 0.6) is 0 Å². The van der Waals surface area contributed by atoms with Gasteiger partial charge in [-0.3, -0.25) is 18.6 Å². The molecule has 0 heterocycles. The third kappa shape index (κ3) is 32.9. The molecule has 0 aromatic carbocycles. The zero-order valence-electron chi connectivity index (χ0n) is 30.6. The summed E-state index contributed by atoms with van der Waals surface area (Å²) in [5, 5.41) is 0. The number of ether oxygens (including phenoxy) is 2. The van der Waals surface area contributed by atoms with Crippen molar-refractivity contribution < 1.29 is 42.1 Å². The minimum absolute atomic E-state index is 0.0338. The van der Waals surface area contributed by atoms with Gasteiger partial charge in [0, 0.05) is 12.8 Å². The molecule has 9 nitrogen and oxygen atoms in total. The number of nitrogens with zero attached hydrogens (tertiary/aromatic N) is 1. The second-order valence-corrected chi connectivity index (χ2v) is 15.4. The maximum atomic E-state index is 12.3. The van der Waals surface area contributed by atoms with E-state index in [0.29, 0.717) is 23.9 Å². The Bertz CT molecular complexity index is 774. The molecule has 2 atom stereocenters. The van der Waals surface area contributed by atoms with Crippen molar-refractivity contribution in [2.24, 2.45) is 0 Å². The van der Waals surface area contributed by atoms with E-state index >= 15 is 0 Å². The smallest absolute Gasteiger partial charge is 0.462 e. The normalized spacial score (nSPS) is 13.8.